The number of aromatic amines is 1. The molecule has 0 aliphatic carbocycles. The highest BCUT2D eigenvalue weighted by Gasteiger charge is 2.47. The fourth-order valence-electron chi connectivity index (χ4n) is 7.49. The van der Waals surface area contributed by atoms with Gasteiger partial charge in [0.1, 0.15) is 17.4 Å². The van der Waals surface area contributed by atoms with Crippen LogP contribution in [0.3, 0.4) is 0 Å². The molecular weight excluding hydrogens is 638 g/mol. The first-order valence-electron chi connectivity index (χ1n) is 17.3. The summed E-state index contributed by atoms with van der Waals surface area (Å²) in [7, 11) is 0. The van der Waals surface area contributed by atoms with Gasteiger partial charge >= 0.3 is 0 Å². The van der Waals surface area contributed by atoms with E-state index in [-0.39, 0.29) is 35.0 Å². The van der Waals surface area contributed by atoms with Crippen LogP contribution in [-0.4, -0.2) is 86.7 Å². The van der Waals surface area contributed by atoms with Crippen molar-refractivity contribution in [2.75, 3.05) is 25.0 Å². The Morgan fingerprint density at radius 3 is 2.56 bits per heavy atom. The minimum absolute atomic E-state index is 0.224. The molecule has 0 spiro atoms. The summed E-state index contributed by atoms with van der Waals surface area (Å²) in [6.45, 7) is 14.4. The molecule has 0 saturated carbocycles. The lowest BCUT2D eigenvalue weighted by Gasteiger charge is -2.45. The normalized spacial score (nSPS) is 18.8. The maximum Gasteiger partial charge on any atom is 0.264 e. The first kappa shape index (κ1) is 36.7. The minimum atomic E-state index is -1.08. The molecule has 5 rings (SSSR count). The Labute approximate surface area is 292 Å². The number of likely N-dealkylation sites (tertiary alicyclic amines) is 1. The third-order valence-corrected chi connectivity index (χ3v) is 10.2. The summed E-state index contributed by atoms with van der Waals surface area (Å²) in [5.41, 5.74) is 7.28. The second kappa shape index (κ2) is 14.3. The number of aromatic nitrogens is 2. The number of benzene rings is 2. The summed E-state index contributed by atoms with van der Waals surface area (Å²) >= 11 is 0. The monoisotopic (exact) mass is 687 g/mol. The molecule has 268 valence electrons. The number of imide groups is 2. The summed E-state index contributed by atoms with van der Waals surface area (Å²) in [4.78, 5) is 74.1. The number of rotatable bonds is 16. The first-order valence-corrected chi connectivity index (χ1v) is 17.3. The number of nitrogens with zero attached hydrogens (tertiary/aromatic N) is 3. The number of hydrogen-bond donors (Lipinski definition) is 4. The van der Waals surface area contributed by atoms with Gasteiger partial charge in [-0.05, 0) is 97.5 Å². The summed E-state index contributed by atoms with van der Waals surface area (Å²) in [6.07, 6.45) is 4.35. The maximum absolute atomic E-state index is 13.5. The third kappa shape index (κ3) is 7.02. The Hall–Kier alpha value is -4.62. The number of ether oxygens (including phenoxy) is 1. The van der Waals surface area contributed by atoms with Crippen molar-refractivity contribution in [2.45, 2.75) is 103 Å². The number of H-pyrrole nitrogens is 1. The van der Waals surface area contributed by atoms with Gasteiger partial charge in [-0.1, -0.05) is 25.5 Å². The predicted molar refractivity (Wildman–Crippen MR) is 190 cm³/mol. The van der Waals surface area contributed by atoms with E-state index in [2.05, 4.69) is 41.3 Å². The van der Waals surface area contributed by atoms with Crippen LogP contribution >= 0.6 is 0 Å². The van der Waals surface area contributed by atoms with Crippen LogP contribution in [0.1, 0.15) is 117 Å². The van der Waals surface area contributed by atoms with E-state index in [0.717, 1.165) is 42.0 Å². The average Bonchev–Trinajstić information content (AvgIpc) is 3.75. The number of nitrogens with two attached hydrogens (primary N) is 1. The fraction of sp³-hybridized carbons (Fsp3) is 0.514. The van der Waals surface area contributed by atoms with Crippen LogP contribution in [0.25, 0.3) is 11.0 Å². The Kier molecular flexibility index (Phi) is 10.5. The zero-order chi connectivity index (χ0) is 36.4. The predicted octanol–water partition coefficient (Wildman–Crippen LogP) is 4.48. The van der Waals surface area contributed by atoms with E-state index in [0.29, 0.717) is 42.8 Å². The second-order valence-electron chi connectivity index (χ2n) is 14.7. The summed E-state index contributed by atoms with van der Waals surface area (Å²) in [5, 5.41) is 5.40. The zero-order valence-electron chi connectivity index (χ0n) is 29.9. The average molecular weight is 688 g/mol. The van der Waals surface area contributed by atoms with Crippen molar-refractivity contribution in [1.82, 2.24) is 25.1 Å². The van der Waals surface area contributed by atoms with Gasteiger partial charge in [-0.3, -0.25) is 39.1 Å². The van der Waals surface area contributed by atoms with Crippen molar-refractivity contribution >= 4 is 46.8 Å². The SMILES string of the molecule is CCCC(C(=O)NC=O)N1C(=O)c2cccc(NCCC(C)(C)OCCC(C)(C)N3CCCC3(C)c3nc4c(C(N)=O)cccc4[nH]3)c2C1=O. The van der Waals surface area contributed by atoms with Gasteiger partial charge < -0.3 is 20.8 Å². The molecule has 2 aliphatic heterocycles. The number of nitrogens with one attached hydrogen (secondary N) is 3. The second-order valence-corrected chi connectivity index (χ2v) is 14.7. The van der Waals surface area contributed by atoms with Crippen molar-refractivity contribution in [1.29, 1.82) is 0 Å². The maximum atomic E-state index is 13.5. The molecule has 5 N–H and O–H groups in total. The molecular formula is C37H49N7O6. The smallest absolute Gasteiger partial charge is 0.264 e. The number of amides is 5. The van der Waals surface area contributed by atoms with Crippen LogP contribution < -0.4 is 16.4 Å². The van der Waals surface area contributed by atoms with Crippen molar-refractivity contribution in [3.8, 4) is 0 Å². The van der Waals surface area contributed by atoms with E-state index in [1.807, 2.05) is 32.9 Å². The lowest BCUT2D eigenvalue weighted by Crippen LogP contribution is -2.52. The van der Waals surface area contributed by atoms with E-state index in [1.165, 1.54) is 0 Å². The van der Waals surface area contributed by atoms with Crippen molar-refractivity contribution in [3.63, 3.8) is 0 Å². The zero-order valence-corrected chi connectivity index (χ0v) is 29.9. The van der Waals surface area contributed by atoms with Crippen LogP contribution in [-0.2, 0) is 19.9 Å². The topological polar surface area (TPSA) is 180 Å². The third-order valence-electron chi connectivity index (χ3n) is 10.2. The van der Waals surface area contributed by atoms with E-state index in [9.17, 15) is 24.0 Å². The molecule has 2 atom stereocenters. The molecule has 1 aromatic heterocycles. The highest BCUT2D eigenvalue weighted by atomic mass is 16.5. The van der Waals surface area contributed by atoms with Gasteiger partial charge in [0, 0.05) is 24.4 Å². The first-order chi connectivity index (χ1) is 23.6. The van der Waals surface area contributed by atoms with Crippen LogP contribution in [0.15, 0.2) is 36.4 Å². The Morgan fingerprint density at radius 2 is 1.86 bits per heavy atom. The molecule has 13 nitrogen and oxygen atoms in total. The van der Waals surface area contributed by atoms with Crippen LogP contribution in [0.4, 0.5) is 5.69 Å². The number of carbonyl (C=O) groups is 5. The standard InChI is InChI=1S/C37H49N7O6/c1-7-11-27(31(47)40-22-45)44-32(48)23-12-8-14-25(28(23)33(44)49)39-19-17-36(4,5)50-21-18-35(2,3)43-20-10-16-37(43,6)34-41-26-15-9-13-24(30(38)46)29(26)42-34/h8-9,12-15,22,27,39H,7,10-11,16-21H2,1-6H3,(H2,38,46)(H,41,42)(H,40,45,47). The summed E-state index contributed by atoms with van der Waals surface area (Å²) in [6, 6.07) is 9.37. The molecule has 5 amide bonds. The highest BCUT2D eigenvalue weighted by molar-refractivity contribution is 6.25. The Morgan fingerprint density at radius 1 is 1.12 bits per heavy atom. The highest BCUT2D eigenvalue weighted by Crippen LogP contribution is 2.43. The molecule has 0 radical (unpaired) electrons. The fourth-order valence-corrected chi connectivity index (χ4v) is 7.49. The number of imidazole rings is 1. The molecule has 2 unspecified atom stereocenters. The van der Waals surface area contributed by atoms with Gasteiger partial charge in [0.05, 0.1) is 33.3 Å². The largest absolute Gasteiger partial charge is 0.384 e. The van der Waals surface area contributed by atoms with Crippen molar-refractivity contribution in [2.24, 2.45) is 5.73 Å². The van der Waals surface area contributed by atoms with Crippen molar-refractivity contribution in [3.05, 3.63) is 58.9 Å². The molecule has 13 heteroatoms. The number of primary amides is 1. The van der Waals surface area contributed by atoms with Crippen molar-refractivity contribution < 1.29 is 28.7 Å². The van der Waals surface area contributed by atoms with Gasteiger partial charge in [0.15, 0.2) is 0 Å². The molecule has 1 fully saturated rings. The van der Waals surface area contributed by atoms with Gasteiger partial charge in [-0.15, -0.1) is 0 Å². The Bertz CT molecular complexity index is 1800. The van der Waals surface area contributed by atoms with Gasteiger partial charge in [0.25, 0.3) is 17.7 Å². The number of anilines is 1. The van der Waals surface area contributed by atoms with Crippen LogP contribution in [0, 0.1) is 0 Å². The number of para-hydroxylation sites is 1. The molecule has 2 aromatic carbocycles. The molecule has 0 bridgehead atoms. The van der Waals surface area contributed by atoms with Crippen LogP contribution in [0.5, 0.6) is 0 Å². The van der Waals surface area contributed by atoms with Gasteiger partial charge in [0.2, 0.25) is 12.3 Å². The number of carbonyl (C=O) groups excluding carboxylic acids is 5. The van der Waals surface area contributed by atoms with E-state index >= 15 is 0 Å². The van der Waals surface area contributed by atoms with Gasteiger partial charge in [-0.25, -0.2) is 4.98 Å². The van der Waals surface area contributed by atoms with Crippen LogP contribution in [0.2, 0.25) is 0 Å². The summed E-state index contributed by atoms with van der Waals surface area (Å²) < 4.78 is 6.44. The van der Waals surface area contributed by atoms with E-state index < -0.39 is 35.3 Å². The molecule has 1 saturated heterocycles. The molecule has 2 aliphatic rings. The minimum Gasteiger partial charge on any atom is -0.384 e. The molecule has 50 heavy (non-hydrogen) atoms. The number of hydrogen-bond acceptors (Lipinski definition) is 9. The summed E-state index contributed by atoms with van der Waals surface area (Å²) in [5.74, 6) is -1.48. The van der Waals surface area contributed by atoms with E-state index in [4.69, 9.17) is 15.5 Å². The van der Waals surface area contributed by atoms with E-state index in [1.54, 1.807) is 24.3 Å². The lowest BCUT2D eigenvalue weighted by atomic mass is 9.90. The molecule has 3 heterocycles. The Balaban J connectivity index is 1.20. The quantitative estimate of drug-likeness (QED) is 0.125. The number of fused-ring (bicyclic) bond motifs is 2. The molecule has 3 aromatic rings. The van der Waals surface area contributed by atoms with Gasteiger partial charge in [-0.2, -0.15) is 0 Å². The lowest BCUT2D eigenvalue weighted by molar-refractivity contribution is -0.128.